The fourth-order valence-electron chi connectivity index (χ4n) is 5.51. The van der Waals surface area contributed by atoms with E-state index < -0.39 is 0 Å². The predicted octanol–water partition coefficient (Wildman–Crippen LogP) is 9.22. The summed E-state index contributed by atoms with van der Waals surface area (Å²) in [4.78, 5) is 19.6. The standard InChI is InChI=1S/C36H23ClN6/c37-29-17-9-10-18-30(29)39-32-22-38-36-27-16-8-7-15-26(27)28-21-25(19-20-31(28)43(32)36)35-41-33(23-11-3-1-4-12-23)40-34(42-35)24-13-5-2-6-14-24/h1-22,39H. The van der Waals surface area contributed by atoms with Gasteiger partial charge < -0.3 is 5.32 Å². The lowest BCUT2D eigenvalue weighted by molar-refractivity contribution is 1.07. The average molecular weight is 575 g/mol. The van der Waals surface area contributed by atoms with Gasteiger partial charge in [-0.25, -0.2) is 19.9 Å². The largest absolute Gasteiger partial charge is 0.339 e. The lowest BCUT2D eigenvalue weighted by Crippen LogP contribution is -2.01. The second-order valence-corrected chi connectivity index (χ2v) is 10.6. The molecule has 0 unspecified atom stereocenters. The fraction of sp³-hybridized carbons (Fsp3) is 0. The Labute approximate surface area is 252 Å². The highest BCUT2D eigenvalue weighted by Gasteiger charge is 2.17. The number of anilines is 2. The van der Waals surface area contributed by atoms with Crippen LogP contribution in [0, 0.1) is 0 Å². The number of benzene rings is 5. The Morgan fingerprint density at radius 1 is 0.535 bits per heavy atom. The van der Waals surface area contributed by atoms with Crippen LogP contribution in [0.3, 0.4) is 0 Å². The van der Waals surface area contributed by atoms with Gasteiger partial charge in [-0.1, -0.05) is 109 Å². The molecule has 43 heavy (non-hydrogen) atoms. The van der Waals surface area contributed by atoms with Gasteiger partial charge in [0.05, 0.1) is 22.4 Å². The van der Waals surface area contributed by atoms with E-state index in [9.17, 15) is 0 Å². The highest BCUT2D eigenvalue weighted by molar-refractivity contribution is 6.33. The molecule has 0 aliphatic heterocycles. The Kier molecular flexibility index (Phi) is 6.05. The Morgan fingerprint density at radius 3 is 1.79 bits per heavy atom. The first-order valence-corrected chi connectivity index (χ1v) is 14.3. The van der Waals surface area contributed by atoms with Crippen LogP contribution in [0.4, 0.5) is 11.5 Å². The molecule has 1 N–H and O–H groups in total. The van der Waals surface area contributed by atoms with E-state index in [1.165, 1.54) is 0 Å². The zero-order valence-corrected chi connectivity index (χ0v) is 23.6. The lowest BCUT2D eigenvalue weighted by Gasteiger charge is -2.14. The maximum atomic E-state index is 6.50. The molecule has 204 valence electrons. The third kappa shape index (κ3) is 4.45. The zero-order valence-electron chi connectivity index (χ0n) is 22.8. The first kappa shape index (κ1) is 25.1. The van der Waals surface area contributed by atoms with Crippen LogP contribution in [0.15, 0.2) is 134 Å². The van der Waals surface area contributed by atoms with Crippen molar-refractivity contribution in [3.8, 4) is 34.2 Å². The SMILES string of the molecule is Clc1ccccc1Nc1cnc2c3ccccc3c3cc(-c4nc(-c5ccccc5)nc(-c5ccccc5)n4)ccc3n12. The van der Waals surface area contributed by atoms with Gasteiger partial charge in [0.25, 0.3) is 0 Å². The second-order valence-electron chi connectivity index (χ2n) is 10.2. The monoisotopic (exact) mass is 574 g/mol. The van der Waals surface area contributed by atoms with Crippen molar-refractivity contribution >= 4 is 50.4 Å². The molecule has 6 nitrogen and oxygen atoms in total. The number of aromatic nitrogens is 5. The molecule has 8 aromatic rings. The molecule has 0 aliphatic carbocycles. The lowest BCUT2D eigenvalue weighted by atomic mass is 10.0. The molecule has 0 saturated heterocycles. The summed E-state index contributed by atoms with van der Waals surface area (Å²) >= 11 is 6.50. The smallest absolute Gasteiger partial charge is 0.164 e. The fourth-order valence-corrected chi connectivity index (χ4v) is 5.69. The molecule has 0 fully saturated rings. The van der Waals surface area contributed by atoms with Crippen molar-refractivity contribution in [1.29, 1.82) is 0 Å². The number of pyridine rings is 1. The number of hydrogen-bond acceptors (Lipinski definition) is 5. The van der Waals surface area contributed by atoms with Crippen molar-refractivity contribution < 1.29 is 0 Å². The Balaban J connectivity index is 1.36. The van der Waals surface area contributed by atoms with Crippen LogP contribution in [0.25, 0.3) is 61.5 Å². The Bertz CT molecular complexity index is 2220. The molecule has 7 heteroatoms. The van der Waals surface area contributed by atoms with Gasteiger partial charge in [0.1, 0.15) is 11.5 Å². The van der Waals surface area contributed by atoms with Gasteiger partial charge in [-0.2, -0.15) is 0 Å². The molecule has 0 amide bonds. The van der Waals surface area contributed by atoms with Gasteiger partial charge in [0, 0.05) is 27.5 Å². The molecule has 0 atom stereocenters. The van der Waals surface area contributed by atoms with Gasteiger partial charge in [-0.05, 0) is 35.7 Å². The molecule has 0 saturated carbocycles. The van der Waals surface area contributed by atoms with E-state index in [0.717, 1.165) is 55.5 Å². The molecule has 3 aromatic heterocycles. The number of fused-ring (bicyclic) bond motifs is 6. The summed E-state index contributed by atoms with van der Waals surface area (Å²) in [6.45, 7) is 0. The highest BCUT2D eigenvalue weighted by atomic mass is 35.5. The van der Waals surface area contributed by atoms with E-state index >= 15 is 0 Å². The molecule has 8 rings (SSSR count). The molecular formula is C36H23ClN6. The third-order valence-electron chi connectivity index (χ3n) is 7.55. The van der Waals surface area contributed by atoms with Crippen molar-refractivity contribution in [2.75, 3.05) is 5.32 Å². The van der Waals surface area contributed by atoms with Gasteiger partial charge >= 0.3 is 0 Å². The molecule has 0 aliphatic rings. The summed E-state index contributed by atoms with van der Waals surface area (Å²) in [6, 6.07) is 42.4. The van der Waals surface area contributed by atoms with Crippen LogP contribution in [0.2, 0.25) is 5.02 Å². The summed E-state index contributed by atoms with van der Waals surface area (Å²) in [6.07, 6.45) is 1.85. The maximum absolute atomic E-state index is 6.50. The van der Waals surface area contributed by atoms with Crippen LogP contribution < -0.4 is 5.32 Å². The molecule has 0 bridgehead atoms. The normalized spacial score (nSPS) is 11.4. The first-order chi connectivity index (χ1) is 21.2. The van der Waals surface area contributed by atoms with Crippen molar-refractivity contribution in [1.82, 2.24) is 24.3 Å². The van der Waals surface area contributed by atoms with Crippen LogP contribution in [0.1, 0.15) is 0 Å². The summed E-state index contributed by atoms with van der Waals surface area (Å²) in [7, 11) is 0. The summed E-state index contributed by atoms with van der Waals surface area (Å²) in [5, 5.41) is 7.33. The summed E-state index contributed by atoms with van der Waals surface area (Å²) in [5.41, 5.74) is 5.45. The van der Waals surface area contributed by atoms with Gasteiger partial charge in [-0.3, -0.25) is 4.40 Å². The quantitative estimate of drug-likeness (QED) is 0.207. The predicted molar refractivity (Wildman–Crippen MR) is 175 cm³/mol. The van der Waals surface area contributed by atoms with Crippen molar-refractivity contribution in [2.24, 2.45) is 0 Å². The number of halogens is 1. The second kappa shape index (κ2) is 10.4. The number of nitrogens with zero attached hydrogens (tertiary/aromatic N) is 5. The van der Waals surface area contributed by atoms with Crippen LogP contribution in [-0.4, -0.2) is 24.3 Å². The molecule has 3 heterocycles. The van der Waals surface area contributed by atoms with Crippen molar-refractivity contribution in [3.63, 3.8) is 0 Å². The number of nitrogens with one attached hydrogen (secondary N) is 1. The minimum absolute atomic E-state index is 0.610. The van der Waals surface area contributed by atoms with Crippen molar-refractivity contribution in [3.05, 3.63) is 139 Å². The average Bonchev–Trinajstić information content (AvgIpc) is 3.50. The van der Waals surface area contributed by atoms with E-state index in [0.29, 0.717) is 22.5 Å². The van der Waals surface area contributed by atoms with Crippen LogP contribution >= 0.6 is 11.6 Å². The maximum Gasteiger partial charge on any atom is 0.164 e. The van der Waals surface area contributed by atoms with Gasteiger partial charge in [-0.15, -0.1) is 0 Å². The van der Waals surface area contributed by atoms with Gasteiger partial charge in [0.15, 0.2) is 17.5 Å². The summed E-state index contributed by atoms with van der Waals surface area (Å²) < 4.78 is 2.14. The Hall–Kier alpha value is -5.59. The number of para-hydroxylation sites is 1. The van der Waals surface area contributed by atoms with E-state index in [2.05, 4.69) is 46.1 Å². The van der Waals surface area contributed by atoms with Crippen LogP contribution in [0.5, 0.6) is 0 Å². The van der Waals surface area contributed by atoms with Crippen LogP contribution in [-0.2, 0) is 0 Å². The topological polar surface area (TPSA) is 68.0 Å². The third-order valence-corrected chi connectivity index (χ3v) is 7.88. The van der Waals surface area contributed by atoms with E-state index in [4.69, 9.17) is 31.5 Å². The number of imidazole rings is 1. The number of rotatable bonds is 5. The minimum Gasteiger partial charge on any atom is -0.339 e. The van der Waals surface area contributed by atoms with E-state index in [1.54, 1.807) is 0 Å². The molecule has 5 aromatic carbocycles. The number of hydrogen-bond donors (Lipinski definition) is 1. The zero-order chi connectivity index (χ0) is 28.8. The van der Waals surface area contributed by atoms with Gasteiger partial charge in [0.2, 0.25) is 0 Å². The van der Waals surface area contributed by atoms with Crippen molar-refractivity contribution in [2.45, 2.75) is 0 Å². The molecular weight excluding hydrogens is 552 g/mol. The summed E-state index contributed by atoms with van der Waals surface area (Å²) in [5.74, 6) is 2.69. The minimum atomic E-state index is 0.610. The highest BCUT2D eigenvalue weighted by Crippen LogP contribution is 2.35. The molecule has 0 radical (unpaired) electrons. The first-order valence-electron chi connectivity index (χ1n) is 13.9. The van der Waals surface area contributed by atoms with E-state index in [1.807, 2.05) is 97.2 Å². The Morgan fingerprint density at radius 2 is 1.12 bits per heavy atom. The van der Waals surface area contributed by atoms with E-state index in [-0.39, 0.29) is 0 Å². The molecule has 0 spiro atoms.